The third-order valence-corrected chi connectivity index (χ3v) is 7.39. The molecule has 22 heavy (non-hydrogen) atoms. The number of allylic oxidation sites excluding steroid dienone is 3. The van der Waals surface area contributed by atoms with Crippen LogP contribution in [0.1, 0.15) is 59.8 Å². The SMILES string of the molecule is C=C[C@]1(C)CC(=O)[C@@]2(C)C3=CCC[C@@]3(CC[C@H]2C)[C@@H](C)C1=O. The van der Waals surface area contributed by atoms with Crippen molar-refractivity contribution in [3.8, 4) is 0 Å². The van der Waals surface area contributed by atoms with E-state index >= 15 is 0 Å². The maximum absolute atomic E-state index is 13.2. The van der Waals surface area contributed by atoms with Crippen molar-refractivity contribution in [1.29, 1.82) is 0 Å². The average Bonchev–Trinajstić information content (AvgIpc) is 2.94. The summed E-state index contributed by atoms with van der Waals surface area (Å²) in [6, 6.07) is 0. The predicted molar refractivity (Wildman–Crippen MR) is 88.4 cm³/mol. The van der Waals surface area contributed by atoms with E-state index in [1.54, 1.807) is 6.08 Å². The Kier molecular flexibility index (Phi) is 3.33. The van der Waals surface area contributed by atoms with Crippen LogP contribution < -0.4 is 0 Å². The number of carbonyl (C=O) groups is 2. The molecule has 0 amide bonds. The van der Waals surface area contributed by atoms with Crippen molar-refractivity contribution in [3.05, 3.63) is 24.3 Å². The van der Waals surface area contributed by atoms with E-state index in [0.29, 0.717) is 12.3 Å². The summed E-state index contributed by atoms with van der Waals surface area (Å²) in [6.07, 6.45) is 8.42. The molecule has 2 bridgehead atoms. The molecule has 0 N–H and O–H groups in total. The first-order valence-electron chi connectivity index (χ1n) is 8.65. The Labute approximate surface area is 134 Å². The van der Waals surface area contributed by atoms with Gasteiger partial charge in [0.2, 0.25) is 0 Å². The molecule has 0 spiro atoms. The fourth-order valence-corrected chi connectivity index (χ4v) is 5.44. The highest BCUT2D eigenvalue weighted by Crippen LogP contribution is 2.64. The minimum Gasteiger partial charge on any atom is -0.299 e. The Hall–Kier alpha value is -1.18. The van der Waals surface area contributed by atoms with Gasteiger partial charge in [-0.1, -0.05) is 31.6 Å². The smallest absolute Gasteiger partial charge is 0.146 e. The largest absolute Gasteiger partial charge is 0.299 e. The van der Waals surface area contributed by atoms with Gasteiger partial charge in [0, 0.05) is 17.8 Å². The van der Waals surface area contributed by atoms with Crippen LogP contribution in [0.5, 0.6) is 0 Å². The molecule has 120 valence electrons. The van der Waals surface area contributed by atoms with E-state index in [4.69, 9.17) is 0 Å². The first kappa shape index (κ1) is 15.7. The quantitative estimate of drug-likeness (QED) is 0.668. The van der Waals surface area contributed by atoms with Gasteiger partial charge in [0.25, 0.3) is 0 Å². The van der Waals surface area contributed by atoms with Gasteiger partial charge in [0.05, 0.1) is 10.8 Å². The number of ketones is 2. The summed E-state index contributed by atoms with van der Waals surface area (Å²) in [5.41, 5.74) is 0.0958. The number of hydrogen-bond donors (Lipinski definition) is 0. The molecule has 3 aliphatic rings. The Morgan fingerprint density at radius 2 is 1.91 bits per heavy atom. The van der Waals surface area contributed by atoms with E-state index in [0.717, 1.165) is 25.7 Å². The average molecular weight is 300 g/mol. The summed E-state index contributed by atoms with van der Waals surface area (Å²) in [5, 5.41) is 0. The molecule has 0 aromatic heterocycles. The van der Waals surface area contributed by atoms with Crippen molar-refractivity contribution in [2.75, 3.05) is 0 Å². The van der Waals surface area contributed by atoms with Gasteiger partial charge in [0.15, 0.2) is 0 Å². The third-order valence-electron chi connectivity index (χ3n) is 7.39. The van der Waals surface area contributed by atoms with Gasteiger partial charge < -0.3 is 0 Å². The zero-order valence-corrected chi connectivity index (χ0v) is 14.4. The maximum atomic E-state index is 13.2. The minimum absolute atomic E-state index is 0.0239. The fraction of sp³-hybridized carbons (Fsp3) is 0.700. The summed E-state index contributed by atoms with van der Waals surface area (Å²) in [4.78, 5) is 26.4. The molecule has 3 aliphatic carbocycles. The number of rotatable bonds is 1. The van der Waals surface area contributed by atoms with E-state index in [9.17, 15) is 9.59 Å². The lowest BCUT2D eigenvalue weighted by atomic mass is 9.47. The highest BCUT2D eigenvalue weighted by Gasteiger charge is 2.61. The fourth-order valence-electron chi connectivity index (χ4n) is 5.44. The first-order chi connectivity index (χ1) is 10.2. The van der Waals surface area contributed by atoms with Crippen LogP contribution in [-0.2, 0) is 9.59 Å². The molecule has 0 aromatic rings. The van der Waals surface area contributed by atoms with Crippen LogP contribution in [0.4, 0.5) is 0 Å². The Morgan fingerprint density at radius 1 is 1.23 bits per heavy atom. The molecular formula is C20H28O2. The molecule has 2 nitrogen and oxygen atoms in total. The van der Waals surface area contributed by atoms with Crippen LogP contribution in [-0.4, -0.2) is 11.6 Å². The second-order valence-electron chi connectivity index (χ2n) is 8.26. The van der Waals surface area contributed by atoms with Gasteiger partial charge >= 0.3 is 0 Å². The molecule has 0 aliphatic heterocycles. The molecule has 3 rings (SSSR count). The summed E-state index contributed by atoms with van der Waals surface area (Å²) in [5.74, 6) is 0.774. The van der Waals surface area contributed by atoms with Crippen molar-refractivity contribution >= 4 is 11.6 Å². The van der Waals surface area contributed by atoms with E-state index in [1.165, 1.54) is 5.57 Å². The van der Waals surface area contributed by atoms with Crippen molar-refractivity contribution in [3.63, 3.8) is 0 Å². The van der Waals surface area contributed by atoms with Crippen LogP contribution in [0.2, 0.25) is 0 Å². The summed E-state index contributed by atoms with van der Waals surface area (Å²) < 4.78 is 0. The number of Topliss-reactive ketones (excluding diaryl/α,β-unsaturated/α-hetero) is 2. The van der Waals surface area contributed by atoms with Crippen molar-refractivity contribution in [2.45, 2.75) is 59.8 Å². The molecule has 2 heteroatoms. The Balaban J connectivity index is 2.23. The maximum Gasteiger partial charge on any atom is 0.146 e. The monoisotopic (exact) mass is 300 g/mol. The Morgan fingerprint density at radius 3 is 2.55 bits per heavy atom. The highest BCUT2D eigenvalue weighted by atomic mass is 16.1. The topological polar surface area (TPSA) is 34.1 Å². The normalized spacial score (nSPS) is 48.3. The Bertz CT molecular complexity index is 587. The lowest BCUT2D eigenvalue weighted by Crippen LogP contribution is -2.55. The zero-order chi connectivity index (χ0) is 16.3. The van der Waals surface area contributed by atoms with Gasteiger partial charge in [-0.2, -0.15) is 0 Å². The zero-order valence-electron chi connectivity index (χ0n) is 14.4. The highest BCUT2D eigenvalue weighted by molar-refractivity contribution is 5.99. The van der Waals surface area contributed by atoms with Gasteiger partial charge in [0.1, 0.15) is 11.6 Å². The van der Waals surface area contributed by atoms with E-state index < -0.39 is 10.8 Å². The molecule has 0 radical (unpaired) electrons. The molecule has 0 heterocycles. The number of carbonyl (C=O) groups excluding carboxylic acids is 2. The van der Waals surface area contributed by atoms with Crippen molar-refractivity contribution in [1.82, 2.24) is 0 Å². The van der Waals surface area contributed by atoms with E-state index in [1.807, 2.05) is 6.92 Å². The standard InChI is InChI=1S/C20H28O2/c1-6-18(4)12-16(21)19(5)13(2)9-11-20(14(3)17(18)22)10-7-8-15(19)20/h6,8,13-14H,1,7,9-12H2,2-5H3/t13-,14+,18-,19-,20-/m1/s1. The lowest BCUT2D eigenvalue weighted by molar-refractivity contribution is -0.146. The second-order valence-corrected chi connectivity index (χ2v) is 8.26. The molecule has 5 atom stereocenters. The first-order valence-corrected chi connectivity index (χ1v) is 8.65. The third kappa shape index (κ3) is 1.67. The second kappa shape index (κ2) is 4.66. The summed E-state index contributed by atoms with van der Waals surface area (Å²) >= 11 is 0. The molecule has 2 fully saturated rings. The van der Waals surface area contributed by atoms with Crippen molar-refractivity contribution < 1.29 is 9.59 Å². The molecular weight excluding hydrogens is 272 g/mol. The minimum atomic E-state index is -0.712. The van der Waals surface area contributed by atoms with Crippen molar-refractivity contribution in [2.24, 2.45) is 28.1 Å². The molecule has 2 saturated carbocycles. The van der Waals surface area contributed by atoms with Crippen LogP contribution in [0.25, 0.3) is 0 Å². The van der Waals surface area contributed by atoms with Gasteiger partial charge in [-0.3, -0.25) is 9.59 Å². The van der Waals surface area contributed by atoms with Gasteiger partial charge in [-0.15, -0.1) is 6.58 Å². The van der Waals surface area contributed by atoms with Gasteiger partial charge in [-0.05, 0) is 45.4 Å². The predicted octanol–water partition coefficient (Wildman–Crippen LogP) is 4.50. The number of hydrogen-bond acceptors (Lipinski definition) is 2. The van der Waals surface area contributed by atoms with Crippen LogP contribution in [0.3, 0.4) is 0 Å². The van der Waals surface area contributed by atoms with Crippen LogP contribution in [0, 0.1) is 28.1 Å². The van der Waals surface area contributed by atoms with Crippen LogP contribution in [0.15, 0.2) is 24.3 Å². The molecule has 0 aromatic carbocycles. The summed E-state index contributed by atoms with van der Waals surface area (Å²) in [6.45, 7) is 12.2. The van der Waals surface area contributed by atoms with E-state index in [-0.39, 0.29) is 22.9 Å². The lowest BCUT2D eigenvalue weighted by Gasteiger charge is -2.55. The summed E-state index contributed by atoms with van der Waals surface area (Å²) in [7, 11) is 0. The molecule has 0 unspecified atom stereocenters. The van der Waals surface area contributed by atoms with Gasteiger partial charge in [-0.25, -0.2) is 0 Å². The molecule has 0 saturated heterocycles. The van der Waals surface area contributed by atoms with E-state index in [2.05, 4.69) is 33.4 Å². The van der Waals surface area contributed by atoms with Crippen LogP contribution >= 0.6 is 0 Å².